The van der Waals surface area contributed by atoms with E-state index in [1.807, 2.05) is 12.2 Å². The molecular formula is C19H20N2O4. The van der Waals surface area contributed by atoms with Crippen molar-refractivity contribution < 1.29 is 19.2 Å². The van der Waals surface area contributed by atoms with E-state index in [-0.39, 0.29) is 41.9 Å². The Bertz CT molecular complexity index is 725. The molecule has 6 nitrogen and oxygen atoms in total. The van der Waals surface area contributed by atoms with Crippen LogP contribution < -0.4 is 5.32 Å². The molecule has 1 aromatic rings. The van der Waals surface area contributed by atoms with Crippen molar-refractivity contribution >= 4 is 29.2 Å². The molecule has 0 unspecified atom stereocenters. The first-order valence-electron chi connectivity index (χ1n) is 8.44. The molecule has 130 valence electrons. The van der Waals surface area contributed by atoms with Gasteiger partial charge in [0.2, 0.25) is 17.7 Å². The van der Waals surface area contributed by atoms with E-state index in [9.17, 15) is 19.2 Å². The third kappa shape index (κ3) is 3.38. The van der Waals surface area contributed by atoms with Crippen LogP contribution in [0.3, 0.4) is 0 Å². The molecule has 0 saturated carbocycles. The van der Waals surface area contributed by atoms with Gasteiger partial charge in [-0.3, -0.25) is 24.1 Å². The van der Waals surface area contributed by atoms with E-state index < -0.39 is 0 Å². The highest BCUT2D eigenvalue weighted by molar-refractivity contribution is 6.10. The molecule has 0 bridgehead atoms. The molecule has 6 heteroatoms. The second-order valence-electron chi connectivity index (χ2n) is 6.32. The van der Waals surface area contributed by atoms with Crippen molar-refractivity contribution in [2.45, 2.75) is 26.2 Å². The number of Topliss-reactive ketones (excluding diaryl/α,β-unsaturated/α-hetero) is 1. The summed E-state index contributed by atoms with van der Waals surface area (Å²) in [5.41, 5.74) is 1.01. The monoisotopic (exact) mass is 340 g/mol. The van der Waals surface area contributed by atoms with E-state index in [2.05, 4.69) is 5.32 Å². The second-order valence-corrected chi connectivity index (χ2v) is 6.32. The van der Waals surface area contributed by atoms with Gasteiger partial charge in [-0.25, -0.2) is 0 Å². The fourth-order valence-corrected chi connectivity index (χ4v) is 3.25. The summed E-state index contributed by atoms with van der Waals surface area (Å²) in [5, 5.41) is 2.70. The predicted molar refractivity (Wildman–Crippen MR) is 91.8 cm³/mol. The fraction of sp³-hybridized carbons (Fsp3) is 0.368. The zero-order chi connectivity index (χ0) is 18.0. The number of rotatable bonds is 5. The van der Waals surface area contributed by atoms with Gasteiger partial charge in [-0.05, 0) is 37.1 Å². The van der Waals surface area contributed by atoms with Crippen LogP contribution in [0.25, 0.3) is 0 Å². The largest absolute Gasteiger partial charge is 0.326 e. The van der Waals surface area contributed by atoms with Gasteiger partial charge in [0.05, 0.1) is 18.4 Å². The topological polar surface area (TPSA) is 83.6 Å². The number of amides is 3. The average molecular weight is 340 g/mol. The molecule has 0 radical (unpaired) electrons. The lowest BCUT2D eigenvalue weighted by Gasteiger charge is -2.14. The van der Waals surface area contributed by atoms with Gasteiger partial charge in [-0.2, -0.15) is 0 Å². The van der Waals surface area contributed by atoms with Gasteiger partial charge in [0.25, 0.3) is 0 Å². The Morgan fingerprint density at radius 1 is 1.04 bits per heavy atom. The van der Waals surface area contributed by atoms with Crippen LogP contribution in [0.4, 0.5) is 5.69 Å². The lowest BCUT2D eigenvalue weighted by molar-refractivity contribution is -0.139. The minimum absolute atomic E-state index is 0.108. The van der Waals surface area contributed by atoms with Gasteiger partial charge in [0.15, 0.2) is 5.78 Å². The first-order chi connectivity index (χ1) is 12.0. The van der Waals surface area contributed by atoms with Crippen LogP contribution in [0.1, 0.15) is 36.5 Å². The lowest BCUT2D eigenvalue weighted by atomic mass is 9.85. The Kier molecular flexibility index (Phi) is 4.79. The summed E-state index contributed by atoms with van der Waals surface area (Å²) < 4.78 is 0. The minimum Gasteiger partial charge on any atom is -0.326 e. The van der Waals surface area contributed by atoms with Gasteiger partial charge in [-0.15, -0.1) is 0 Å². The van der Waals surface area contributed by atoms with Gasteiger partial charge < -0.3 is 5.32 Å². The number of nitrogens with zero attached hydrogens (tertiary/aromatic N) is 1. The number of hydrogen-bond acceptors (Lipinski definition) is 4. The number of fused-ring (bicyclic) bond motifs is 1. The van der Waals surface area contributed by atoms with Gasteiger partial charge >= 0.3 is 0 Å². The molecule has 1 N–H and O–H groups in total. The molecule has 3 rings (SSSR count). The molecular weight excluding hydrogens is 320 g/mol. The molecule has 1 fully saturated rings. The second kappa shape index (κ2) is 7.01. The van der Waals surface area contributed by atoms with Crippen molar-refractivity contribution in [1.82, 2.24) is 4.90 Å². The number of carbonyl (C=O) groups excluding carboxylic acids is 4. The van der Waals surface area contributed by atoms with E-state index >= 15 is 0 Å². The standard InChI is InChI=1S/C19H20N2O4/c1-2-17(23)20-13-9-7-12(8-10-13)16(22)11-21-18(24)14-5-3-4-6-15(14)19(21)25/h3-4,7-10,14-15H,2,5-6,11H2,1H3,(H,20,23)/t14-,15-/m1/s1. The molecule has 3 amide bonds. The third-order valence-electron chi connectivity index (χ3n) is 4.71. The van der Waals surface area contributed by atoms with Crippen molar-refractivity contribution in [2.24, 2.45) is 11.8 Å². The SMILES string of the molecule is CCC(=O)Nc1ccc(C(=O)CN2C(=O)[C@@H]3CC=CC[C@H]3C2=O)cc1. The molecule has 1 saturated heterocycles. The number of ketones is 1. The summed E-state index contributed by atoms with van der Waals surface area (Å²) in [5.74, 6) is -1.54. The van der Waals surface area contributed by atoms with Gasteiger partial charge in [-0.1, -0.05) is 19.1 Å². The maximum absolute atomic E-state index is 12.4. The van der Waals surface area contributed by atoms with Crippen LogP contribution in [0.5, 0.6) is 0 Å². The highest BCUT2D eigenvalue weighted by atomic mass is 16.2. The predicted octanol–water partition coefficient (Wildman–Crippen LogP) is 2.17. The Morgan fingerprint density at radius 2 is 1.60 bits per heavy atom. The Labute approximate surface area is 145 Å². The van der Waals surface area contributed by atoms with Crippen LogP contribution in [0, 0.1) is 11.8 Å². The summed E-state index contributed by atoms with van der Waals surface area (Å²) in [6.07, 6.45) is 5.33. The number of benzene rings is 1. The number of imide groups is 1. The van der Waals surface area contributed by atoms with Gasteiger partial charge in [0, 0.05) is 17.7 Å². The van der Waals surface area contributed by atoms with E-state index in [1.54, 1.807) is 31.2 Å². The molecule has 1 aromatic carbocycles. The summed E-state index contributed by atoms with van der Waals surface area (Å²) in [7, 11) is 0. The number of nitrogens with one attached hydrogen (secondary N) is 1. The quantitative estimate of drug-likeness (QED) is 0.506. The molecule has 1 aliphatic heterocycles. The normalized spacial score (nSPS) is 22.0. The van der Waals surface area contributed by atoms with Crippen LogP contribution in [-0.4, -0.2) is 34.9 Å². The lowest BCUT2D eigenvalue weighted by Crippen LogP contribution is -2.36. The molecule has 0 spiro atoms. The fourth-order valence-electron chi connectivity index (χ4n) is 3.25. The molecule has 2 atom stereocenters. The molecule has 2 aliphatic rings. The number of anilines is 1. The van der Waals surface area contributed by atoms with E-state index in [0.717, 1.165) is 4.90 Å². The van der Waals surface area contributed by atoms with E-state index in [1.165, 1.54) is 0 Å². The summed E-state index contributed by atoms with van der Waals surface area (Å²) in [6.45, 7) is 1.52. The van der Waals surface area contributed by atoms with Crippen LogP contribution in [0.2, 0.25) is 0 Å². The van der Waals surface area contributed by atoms with Crippen molar-refractivity contribution in [3.63, 3.8) is 0 Å². The van der Waals surface area contributed by atoms with Crippen molar-refractivity contribution in [2.75, 3.05) is 11.9 Å². The van der Waals surface area contributed by atoms with Crippen LogP contribution >= 0.6 is 0 Å². The summed E-state index contributed by atoms with van der Waals surface area (Å²) >= 11 is 0. The van der Waals surface area contributed by atoms with Crippen molar-refractivity contribution in [3.05, 3.63) is 42.0 Å². The summed E-state index contributed by atoms with van der Waals surface area (Å²) in [6, 6.07) is 6.46. The Balaban J connectivity index is 1.67. The molecule has 25 heavy (non-hydrogen) atoms. The van der Waals surface area contributed by atoms with E-state index in [4.69, 9.17) is 0 Å². The number of hydrogen-bond donors (Lipinski definition) is 1. The zero-order valence-electron chi connectivity index (χ0n) is 14.0. The summed E-state index contributed by atoms with van der Waals surface area (Å²) in [4.78, 5) is 49.7. The zero-order valence-corrected chi connectivity index (χ0v) is 14.0. The molecule has 1 heterocycles. The first kappa shape index (κ1) is 17.1. The Morgan fingerprint density at radius 3 is 2.12 bits per heavy atom. The van der Waals surface area contributed by atoms with Crippen molar-refractivity contribution in [3.8, 4) is 0 Å². The number of carbonyl (C=O) groups is 4. The average Bonchev–Trinajstić information content (AvgIpc) is 2.87. The first-order valence-corrected chi connectivity index (χ1v) is 8.44. The maximum atomic E-state index is 12.4. The van der Waals surface area contributed by atoms with Crippen LogP contribution in [0.15, 0.2) is 36.4 Å². The highest BCUT2D eigenvalue weighted by Gasteiger charge is 2.47. The number of allylic oxidation sites excluding steroid dienone is 2. The number of likely N-dealkylation sites (tertiary alicyclic amines) is 1. The van der Waals surface area contributed by atoms with Crippen molar-refractivity contribution in [1.29, 1.82) is 0 Å². The Hall–Kier alpha value is -2.76. The smallest absolute Gasteiger partial charge is 0.233 e. The third-order valence-corrected chi connectivity index (χ3v) is 4.71. The van der Waals surface area contributed by atoms with Crippen LogP contribution in [-0.2, 0) is 14.4 Å². The minimum atomic E-state index is -0.322. The molecule has 0 aromatic heterocycles. The maximum Gasteiger partial charge on any atom is 0.233 e. The van der Waals surface area contributed by atoms with E-state index in [0.29, 0.717) is 30.5 Å². The molecule has 1 aliphatic carbocycles. The van der Waals surface area contributed by atoms with Gasteiger partial charge in [0.1, 0.15) is 0 Å². The highest BCUT2D eigenvalue weighted by Crippen LogP contribution is 2.35.